The number of hydrogen-bond acceptors (Lipinski definition) is 10. The molecule has 5 heterocycles. The van der Waals surface area contributed by atoms with Gasteiger partial charge in [0.2, 0.25) is 23.5 Å². The van der Waals surface area contributed by atoms with Crippen LogP contribution in [0.5, 0.6) is 5.88 Å². The third-order valence-electron chi connectivity index (χ3n) is 7.84. The summed E-state index contributed by atoms with van der Waals surface area (Å²) in [5.74, 6) is -1.45. The Balaban J connectivity index is 1.28. The molecule has 0 spiro atoms. The maximum atomic E-state index is 13.6. The van der Waals surface area contributed by atoms with E-state index in [4.69, 9.17) is 14.9 Å². The zero-order chi connectivity index (χ0) is 27.9. The number of nitrogens with two attached hydrogens (primary N) is 1. The largest absolute Gasteiger partial charge is 0.479 e. The Morgan fingerprint density at radius 1 is 1.27 bits per heavy atom. The number of nitrogens with one attached hydrogen (secondary N) is 1. The molecule has 3 aromatic heterocycles. The van der Waals surface area contributed by atoms with Crippen molar-refractivity contribution in [2.24, 2.45) is 11.7 Å². The number of carbonyl (C=O) groups excluding carboxylic acids is 2. The van der Waals surface area contributed by atoms with E-state index in [0.29, 0.717) is 28.9 Å². The first-order chi connectivity index (χ1) is 19.4. The lowest BCUT2D eigenvalue weighted by Gasteiger charge is -2.27. The van der Waals surface area contributed by atoms with Gasteiger partial charge in [-0.2, -0.15) is 4.98 Å². The molecule has 0 bridgehead atoms. The minimum Gasteiger partial charge on any atom is -0.479 e. The average molecular weight is 567 g/mol. The Morgan fingerprint density at radius 3 is 2.95 bits per heavy atom. The number of rotatable bonds is 4. The first kappa shape index (κ1) is 26.4. The molecule has 1 saturated carbocycles. The normalized spacial score (nSPS) is 29.3. The molecule has 0 radical (unpaired) electrons. The van der Waals surface area contributed by atoms with Gasteiger partial charge in [0.15, 0.2) is 0 Å². The van der Waals surface area contributed by atoms with E-state index in [0.717, 1.165) is 25.7 Å². The number of oxazole rings is 1. The van der Waals surface area contributed by atoms with E-state index in [9.17, 15) is 19.5 Å². The zero-order valence-corrected chi connectivity index (χ0v) is 22.5. The van der Waals surface area contributed by atoms with Crippen LogP contribution in [-0.4, -0.2) is 73.0 Å². The van der Waals surface area contributed by atoms with Crippen LogP contribution in [0, 0.1) is 5.92 Å². The fraction of sp³-hybridized carbons (Fsp3) is 0.481. The molecule has 12 nitrogen and oxygen atoms in total. The highest BCUT2D eigenvalue weighted by Gasteiger charge is 2.61. The molecular weight excluding hydrogens is 536 g/mol. The molecule has 40 heavy (non-hydrogen) atoms. The number of carboxylic acids is 1. The minimum atomic E-state index is -1.37. The monoisotopic (exact) mass is 566 g/mol. The standard InChI is InChI=1S/C27H30N6O6S/c28-17-7-5-3-1-2-4-6-15-13-27(15,26(36)37)32-22(34)19-12-16(14-33(19)25(17)35)39-23-20-18(8-11-40-20)30-21(31-23)24-29-9-10-38-24/h4,6,8-11,15-17,19H,1-3,5,7,12-14,28H2,(H,32,34)(H,36,37)/t15-,16-,17+,19+,27-/m1/s1. The van der Waals surface area contributed by atoms with Gasteiger partial charge in [0.1, 0.15) is 28.6 Å². The number of fused-ring (bicyclic) bond motifs is 3. The van der Waals surface area contributed by atoms with Crippen LogP contribution < -0.4 is 15.8 Å². The maximum Gasteiger partial charge on any atom is 0.330 e. The fourth-order valence-electron chi connectivity index (χ4n) is 5.55. The van der Waals surface area contributed by atoms with Gasteiger partial charge < -0.3 is 30.2 Å². The lowest BCUT2D eigenvalue weighted by atomic mass is 10.1. The number of aliphatic carboxylic acids is 1. The molecule has 3 aliphatic rings. The quantitative estimate of drug-likeness (QED) is 0.398. The number of allylic oxidation sites excluding steroid dienone is 1. The van der Waals surface area contributed by atoms with Crippen molar-refractivity contribution in [2.45, 2.75) is 68.7 Å². The second kappa shape index (κ2) is 10.6. The summed E-state index contributed by atoms with van der Waals surface area (Å²) in [6, 6.07) is 0.139. The van der Waals surface area contributed by atoms with Crippen LogP contribution in [-0.2, 0) is 14.4 Å². The summed E-state index contributed by atoms with van der Waals surface area (Å²) in [6.45, 7) is 0.110. The van der Waals surface area contributed by atoms with Crippen LogP contribution in [0.15, 0.2) is 40.5 Å². The molecular formula is C27H30N6O6S. The summed E-state index contributed by atoms with van der Waals surface area (Å²) in [7, 11) is 0. The highest BCUT2D eigenvalue weighted by Crippen LogP contribution is 2.45. The summed E-state index contributed by atoms with van der Waals surface area (Å²) in [5.41, 5.74) is 5.58. The van der Waals surface area contributed by atoms with E-state index in [2.05, 4.69) is 20.3 Å². The van der Waals surface area contributed by atoms with Gasteiger partial charge in [-0.3, -0.25) is 9.59 Å². The summed E-state index contributed by atoms with van der Waals surface area (Å²) >= 11 is 1.41. The number of hydrogen-bond donors (Lipinski definition) is 3. The van der Waals surface area contributed by atoms with Gasteiger partial charge >= 0.3 is 5.97 Å². The number of carbonyl (C=O) groups is 3. The lowest BCUT2D eigenvalue weighted by Crippen LogP contribution is -2.55. The third-order valence-corrected chi connectivity index (χ3v) is 8.73. The number of carboxylic acid groups (broad SMARTS) is 1. The third kappa shape index (κ3) is 4.94. The van der Waals surface area contributed by atoms with Crippen molar-refractivity contribution in [1.29, 1.82) is 0 Å². The highest BCUT2D eigenvalue weighted by atomic mass is 32.1. The Labute approximate surface area is 233 Å². The van der Waals surface area contributed by atoms with Gasteiger partial charge in [0.05, 0.1) is 24.3 Å². The summed E-state index contributed by atoms with van der Waals surface area (Å²) in [6.07, 6.45) is 10.6. The van der Waals surface area contributed by atoms with Gasteiger partial charge in [0, 0.05) is 12.3 Å². The topological polar surface area (TPSA) is 174 Å². The van der Waals surface area contributed by atoms with Crippen molar-refractivity contribution in [1.82, 2.24) is 25.2 Å². The first-order valence-corrected chi connectivity index (χ1v) is 14.3. The Hall–Kier alpha value is -3.84. The molecule has 2 fully saturated rings. The molecule has 2 aliphatic heterocycles. The smallest absolute Gasteiger partial charge is 0.330 e. The molecule has 0 aromatic carbocycles. The minimum absolute atomic E-state index is 0.110. The second-order valence-electron chi connectivity index (χ2n) is 10.6. The van der Waals surface area contributed by atoms with E-state index in [1.165, 1.54) is 28.7 Å². The van der Waals surface area contributed by atoms with Crippen molar-refractivity contribution in [3.8, 4) is 17.6 Å². The SMILES string of the molecule is N[C@H]1CCCCCC=C[C@@H]2C[C@@]2(C(=O)O)NC(=O)[C@@H]2C[C@@H](Oc3nc(-c4ncco4)nc4ccsc34)CN2C1=O. The molecule has 1 aliphatic carbocycles. The maximum absolute atomic E-state index is 13.6. The Morgan fingerprint density at radius 2 is 2.15 bits per heavy atom. The fourth-order valence-corrected chi connectivity index (χ4v) is 6.31. The van der Waals surface area contributed by atoms with Crippen LogP contribution >= 0.6 is 11.3 Å². The van der Waals surface area contributed by atoms with Crippen LogP contribution in [0.1, 0.15) is 44.9 Å². The van der Waals surface area contributed by atoms with E-state index in [-0.39, 0.29) is 36.5 Å². The van der Waals surface area contributed by atoms with E-state index in [1.807, 2.05) is 23.6 Å². The molecule has 5 atom stereocenters. The predicted molar refractivity (Wildman–Crippen MR) is 144 cm³/mol. The molecule has 6 rings (SSSR count). The van der Waals surface area contributed by atoms with E-state index >= 15 is 0 Å². The van der Waals surface area contributed by atoms with Crippen molar-refractivity contribution in [2.75, 3.05) is 6.54 Å². The predicted octanol–water partition coefficient (Wildman–Crippen LogP) is 2.50. The molecule has 4 N–H and O–H groups in total. The molecule has 3 aromatic rings. The highest BCUT2D eigenvalue weighted by molar-refractivity contribution is 7.17. The van der Waals surface area contributed by atoms with Gasteiger partial charge in [-0.15, -0.1) is 11.3 Å². The van der Waals surface area contributed by atoms with Crippen LogP contribution in [0.2, 0.25) is 0 Å². The number of aromatic nitrogens is 3. The Bertz CT molecular complexity index is 1460. The second-order valence-corrected chi connectivity index (χ2v) is 11.5. The van der Waals surface area contributed by atoms with Crippen LogP contribution in [0.3, 0.4) is 0 Å². The number of amides is 2. The molecule has 1 saturated heterocycles. The first-order valence-electron chi connectivity index (χ1n) is 13.5. The van der Waals surface area contributed by atoms with Crippen molar-refractivity contribution in [3.05, 3.63) is 36.1 Å². The van der Waals surface area contributed by atoms with Crippen molar-refractivity contribution in [3.63, 3.8) is 0 Å². The van der Waals surface area contributed by atoms with E-state index < -0.39 is 35.6 Å². The zero-order valence-electron chi connectivity index (χ0n) is 21.7. The van der Waals surface area contributed by atoms with Crippen molar-refractivity contribution >= 4 is 39.3 Å². The molecule has 210 valence electrons. The van der Waals surface area contributed by atoms with E-state index in [1.54, 1.807) is 0 Å². The molecule has 2 amide bonds. The summed E-state index contributed by atoms with van der Waals surface area (Å²) in [4.78, 5) is 53.9. The van der Waals surface area contributed by atoms with Gasteiger partial charge in [-0.25, -0.2) is 14.8 Å². The molecule has 13 heteroatoms. The van der Waals surface area contributed by atoms with Gasteiger partial charge in [0.25, 0.3) is 5.89 Å². The average Bonchev–Trinajstić information content (AvgIpc) is 3.41. The lowest BCUT2D eigenvalue weighted by molar-refractivity contribution is -0.145. The van der Waals surface area contributed by atoms with Crippen LogP contribution in [0.25, 0.3) is 21.9 Å². The number of thiophene rings is 1. The summed E-state index contributed by atoms with van der Waals surface area (Å²) < 4.78 is 12.4. The number of ether oxygens (including phenoxy) is 1. The molecule has 0 unspecified atom stereocenters. The van der Waals surface area contributed by atoms with Gasteiger partial charge in [-0.1, -0.05) is 25.0 Å². The van der Waals surface area contributed by atoms with Crippen molar-refractivity contribution < 1.29 is 28.6 Å². The number of nitrogens with zero attached hydrogens (tertiary/aromatic N) is 4. The van der Waals surface area contributed by atoms with Gasteiger partial charge in [-0.05, 0) is 37.1 Å². The summed E-state index contributed by atoms with van der Waals surface area (Å²) in [5, 5.41) is 14.6. The van der Waals surface area contributed by atoms with Crippen LogP contribution in [0.4, 0.5) is 0 Å². The Kier molecular flexibility index (Phi) is 7.00.